The van der Waals surface area contributed by atoms with E-state index >= 15 is 0 Å². The fourth-order valence-electron chi connectivity index (χ4n) is 1.92. The molecule has 1 aromatic rings. The summed E-state index contributed by atoms with van der Waals surface area (Å²) in [5, 5.41) is 2.62. The van der Waals surface area contributed by atoms with E-state index in [0.29, 0.717) is 11.3 Å². The molecule has 0 aromatic heterocycles. The largest absolute Gasteiger partial charge is 0.469 e. The van der Waals surface area contributed by atoms with Crippen molar-refractivity contribution in [1.29, 1.82) is 0 Å². The van der Waals surface area contributed by atoms with E-state index in [0.717, 1.165) is 0 Å². The maximum Gasteiger partial charge on any atom is 0.310 e. The molecule has 0 saturated carbocycles. The van der Waals surface area contributed by atoms with Crippen LogP contribution in [0.15, 0.2) is 24.3 Å². The zero-order chi connectivity index (χ0) is 16.0. The van der Waals surface area contributed by atoms with Crippen molar-refractivity contribution < 1.29 is 19.1 Å². The van der Waals surface area contributed by atoms with Gasteiger partial charge in [-0.1, -0.05) is 13.0 Å². The van der Waals surface area contributed by atoms with Crippen LogP contribution < -0.4 is 5.32 Å². The number of nitrogens with one attached hydrogen (secondary N) is 1. The highest BCUT2D eigenvalue weighted by molar-refractivity contribution is 5.96. The molecule has 0 heterocycles. The summed E-state index contributed by atoms with van der Waals surface area (Å²) in [6.07, 6.45) is 0. The Hall–Kier alpha value is -2.37. The Bertz CT molecular complexity index is 542. The van der Waals surface area contributed by atoms with Gasteiger partial charge in [0.2, 0.25) is 5.91 Å². The Morgan fingerprint density at radius 1 is 1.33 bits per heavy atom. The molecule has 1 atom stereocenters. The third-order valence-electron chi connectivity index (χ3n) is 2.93. The maximum atomic E-state index is 12.3. The molecule has 114 valence electrons. The molecular formula is C15H20N2O4. The molecule has 0 radical (unpaired) electrons. The molecule has 1 aromatic carbocycles. The Morgan fingerprint density at radius 3 is 2.57 bits per heavy atom. The smallest absolute Gasteiger partial charge is 0.310 e. The number of methoxy groups -OCH3 is 1. The summed E-state index contributed by atoms with van der Waals surface area (Å²) >= 11 is 0. The molecule has 21 heavy (non-hydrogen) atoms. The van der Waals surface area contributed by atoms with Gasteiger partial charge >= 0.3 is 5.97 Å². The van der Waals surface area contributed by atoms with E-state index in [1.807, 2.05) is 0 Å². The maximum absolute atomic E-state index is 12.3. The Kier molecular flexibility index (Phi) is 5.90. The quantitative estimate of drug-likeness (QED) is 0.835. The molecular weight excluding hydrogens is 272 g/mol. The van der Waals surface area contributed by atoms with E-state index in [-0.39, 0.29) is 24.3 Å². The van der Waals surface area contributed by atoms with Gasteiger partial charge in [0, 0.05) is 31.8 Å². The molecule has 0 saturated heterocycles. The van der Waals surface area contributed by atoms with E-state index in [9.17, 15) is 14.4 Å². The Morgan fingerprint density at radius 2 is 2.00 bits per heavy atom. The average molecular weight is 292 g/mol. The van der Waals surface area contributed by atoms with Crippen molar-refractivity contribution in [3.63, 3.8) is 0 Å². The SMILES string of the molecule is COC(=O)C(C)CN(C)C(=O)c1cccc(NC(C)=O)c1. The van der Waals surface area contributed by atoms with Gasteiger partial charge in [-0.3, -0.25) is 14.4 Å². The second-order valence-corrected chi connectivity index (χ2v) is 4.87. The van der Waals surface area contributed by atoms with Gasteiger partial charge in [0.15, 0.2) is 0 Å². The minimum absolute atomic E-state index is 0.202. The number of hydrogen-bond donors (Lipinski definition) is 1. The van der Waals surface area contributed by atoms with Crippen LogP contribution in [0.25, 0.3) is 0 Å². The van der Waals surface area contributed by atoms with Crippen molar-refractivity contribution in [2.24, 2.45) is 5.92 Å². The number of anilines is 1. The molecule has 1 N–H and O–H groups in total. The van der Waals surface area contributed by atoms with Crippen LogP contribution >= 0.6 is 0 Å². The van der Waals surface area contributed by atoms with Crippen LogP contribution in [0.5, 0.6) is 0 Å². The number of carbonyl (C=O) groups is 3. The number of hydrogen-bond acceptors (Lipinski definition) is 4. The van der Waals surface area contributed by atoms with Gasteiger partial charge in [-0.05, 0) is 18.2 Å². The van der Waals surface area contributed by atoms with Gasteiger partial charge in [0.25, 0.3) is 5.91 Å². The monoisotopic (exact) mass is 292 g/mol. The Labute approximate surface area is 124 Å². The van der Waals surface area contributed by atoms with Crippen molar-refractivity contribution in [2.45, 2.75) is 13.8 Å². The third-order valence-corrected chi connectivity index (χ3v) is 2.93. The molecule has 0 aliphatic heterocycles. The molecule has 0 aliphatic rings. The van der Waals surface area contributed by atoms with Crippen LogP contribution in [0.2, 0.25) is 0 Å². The van der Waals surface area contributed by atoms with E-state index in [4.69, 9.17) is 0 Å². The van der Waals surface area contributed by atoms with Crippen LogP contribution in [0.4, 0.5) is 5.69 Å². The summed E-state index contributed by atoms with van der Waals surface area (Å²) in [6, 6.07) is 6.65. The summed E-state index contributed by atoms with van der Waals surface area (Å²) in [5.41, 5.74) is 1.00. The molecule has 0 spiro atoms. The molecule has 6 heteroatoms. The van der Waals surface area contributed by atoms with Crippen molar-refractivity contribution in [1.82, 2.24) is 4.90 Å². The first-order valence-electron chi connectivity index (χ1n) is 6.56. The number of carbonyl (C=O) groups excluding carboxylic acids is 3. The van der Waals surface area contributed by atoms with Crippen LogP contribution in [0, 0.1) is 5.92 Å². The second kappa shape index (κ2) is 7.42. The number of benzene rings is 1. The highest BCUT2D eigenvalue weighted by Crippen LogP contribution is 2.13. The third kappa shape index (κ3) is 4.91. The summed E-state index contributed by atoms with van der Waals surface area (Å²) in [5.74, 6) is -1.19. The minimum atomic E-state index is -0.400. The van der Waals surface area contributed by atoms with E-state index in [1.54, 1.807) is 38.2 Å². The molecule has 0 aliphatic carbocycles. The van der Waals surface area contributed by atoms with Gasteiger partial charge in [-0.2, -0.15) is 0 Å². The van der Waals surface area contributed by atoms with Crippen molar-refractivity contribution in [3.05, 3.63) is 29.8 Å². The zero-order valence-electron chi connectivity index (χ0n) is 12.7. The number of ether oxygens (including phenoxy) is 1. The number of amides is 2. The molecule has 1 unspecified atom stereocenters. The van der Waals surface area contributed by atoms with Crippen molar-refractivity contribution >= 4 is 23.5 Å². The van der Waals surface area contributed by atoms with Crippen LogP contribution in [-0.2, 0) is 14.3 Å². The summed E-state index contributed by atoms with van der Waals surface area (Å²) in [7, 11) is 2.93. The first-order valence-corrected chi connectivity index (χ1v) is 6.56. The van der Waals surface area contributed by atoms with Crippen LogP contribution in [-0.4, -0.2) is 43.4 Å². The highest BCUT2D eigenvalue weighted by atomic mass is 16.5. The van der Waals surface area contributed by atoms with Gasteiger partial charge in [-0.25, -0.2) is 0 Å². The molecule has 2 amide bonds. The predicted octanol–water partition coefficient (Wildman–Crippen LogP) is 1.53. The van der Waals surface area contributed by atoms with Crippen molar-refractivity contribution in [2.75, 3.05) is 26.0 Å². The fraction of sp³-hybridized carbons (Fsp3) is 0.400. The lowest BCUT2D eigenvalue weighted by molar-refractivity contribution is -0.145. The normalized spacial score (nSPS) is 11.4. The standard InChI is InChI=1S/C15H20N2O4/c1-10(15(20)21-4)9-17(3)14(19)12-6-5-7-13(8-12)16-11(2)18/h5-8,10H,9H2,1-4H3,(H,16,18). The summed E-state index contributed by atoms with van der Waals surface area (Å²) < 4.78 is 4.64. The van der Waals surface area contributed by atoms with Gasteiger partial charge in [0.05, 0.1) is 13.0 Å². The molecule has 6 nitrogen and oxygen atoms in total. The lowest BCUT2D eigenvalue weighted by Crippen LogP contribution is -2.34. The first kappa shape index (κ1) is 16.7. The first-order chi connectivity index (χ1) is 9.85. The average Bonchev–Trinajstić information content (AvgIpc) is 2.44. The van der Waals surface area contributed by atoms with Gasteiger partial charge in [-0.15, -0.1) is 0 Å². The topological polar surface area (TPSA) is 75.7 Å². The summed E-state index contributed by atoms with van der Waals surface area (Å²) in [6.45, 7) is 3.36. The zero-order valence-corrected chi connectivity index (χ0v) is 12.7. The van der Waals surface area contributed by atoms with E-state index in [2.05, 4.69) is 10.1 Å². The fourth-order valence-corrected chi connectivity index (χ4v) is 1.92. The number of rotatable bonds is 5. The van der Waals surface area contributed by atoms with Crippen LogP contribution in [0.3, 0.4) is 0 Å². The highest BCUT2D eigenvalue weighted by Gasteiger charge is 2.19. The lowest BCUT2D eigenvalue weighted by atomic mass is 10.1. The Balaban J connectivity index is 2.78. The van der Waals surface area contributed by atoms with E-state index in [1.165, 1.54) is 18.9 Å². The second-order valence-electron chi connectivity index (χ2n) is 4.87. The molecule has 0 fully saturated rings. The minimum Gasteiger partial charge on any atom is -0.469 e. The van der Waals surface area contributed by atoms with Crippen molar-refractivity contribution in [3.8, 4) is 0 Å². The predicted molar refractivity (Wildman–Crippen MR) is 78.9 cm³/mol. The molecule has 0 bridgehead atoms. The lowest BCUT2D eigenvalue weighted by Gasteiger charge is -2.20. The van der Waals surface area contributed by atoms with E-state index < -0.39 is 5.92 Å². The van der Waals surface area contributed by atoms with Crippen LogP contribution in [0.1, 0.15) is 24.2 Å². The number of nitrogens with zero attached hydrogens (tertiary/aromatic N) is 1. The number of esters is 1. The van der Waals surface area contributed by atoms with Gasteiger partial charge in [0.1, 0.15) is 0 Å². The van der Waals surface area contributed by atoms with Gasteiger partial charge < -0.3 is 15.0 Å². The molecule has 1 rings (SSSR count). The summed E-state index contributed by atoms with van der Waals surface area (Å²) in [4.78, 5) is 36.1.